The summed E-state index contributed by atoms with van der Waals surface area (Å²) >= 11 is 0. The highest BCUT2D eigenvalue weighted by molar-refractivity contribution is 5.58. The van der Waals surface area contributed by atoms with Crippen molar-refractivity contribution in [2.45, 2.75) is 6.61 Å². The van der Waals surface area contributed by atoms with E-state index in [0.29, 0.717) is 22.8 Å². The number of benzene rings is 1. The van der Waals surface area contributed by atoms with Gasteiger partial charge in [-0.05, 0) is 17.7 Å². The van der Waals surface area contributed by atoms with E-state index < -0.39 is 6.22 Å². The highest BCUT2D eigenvalue weighted by atomic mass is 19.1. The Morgan fingerprint density at radius 2 is 1.65 bits per heavy atom. The summed E-state index contributed by atoms with van der Waals surface area (Å²) in [5, 5.41) is 0. The first kappa shape index (κ1) is 13.1. The average molecular weight is 244 g/mol. The molecule has 0 amide bonds. The monoisotopic (exact) mass is 244 g/mol. The molecule has 1 aromatic carbocycles. The molecule has 0 aliphatic carbocycles. The molecule has 94 valence electrons. The first-order valence-corrected chi connectivity index (χ1v) is 4.73. The molecule has 0 aromatic heterocycles. The highest BCUT2D eigenvalue weighted by Gasteiger charge is 2.13. The van der Waals surface area contributed by atoms with Crippen molar-refractivity contribution in [3.63, 3.8) is 0 Å². The van der Waals surface area contributed by atoms with Crippen LogP contribution < -0.4 is 14.2 Å². The van der Waals surface area contributed by atoms with E-state index in [-0.39, 0.29) is 6.61 Å². The van der Waals surface area contributed by atoms with Crippen LogP contribution in [-0.4, -0.2) is 27.6 Å². The first-order chi connectivity index (χ1) is 8.12. The fourth-order valence-electron chi connectivity index (χ4n) is 1.36. The lowest BCUT2D eigenvalue weighted by Gasteiger charge is -2.13. The maximum absolute atomic E-state index is 11.9. The zero-order valence-electron chi connectivity index (χ0n) is 9.78. The molecule has 1 aromatic rings. The van der Waals surface area contributed by atoms with Crippen LogP contribution in [0.3, 0.4) is 0 Å². The van der Waals surface area contributed by atoms with Gasteiger partial charge in [-0.1, -0.05) is 0 Å². The van der Waals surface area contributed by atoms with Gasteiger partial charge in [0.05, 0.1) is 21.3 Å². The maximum atomic E-state index is 11.9. The summed E-state index contributed by atoms with van der Waals surface area (Å²) in [5.41, 5.74) is 0.533. The van der Waals surface area contributed by atoms with Crippen molar-refractivity contribution in [1.29, 1.82) is 0 Å². The van der Waals surface area contributed by atoms with Crippen LogP contribution in [0.5, 0.6) is 17.2 Å². The molecule has 0 radical (unpaired) electrons. The van der Waals surface area contributed by atoms with Crippen LogP contribution in [0.1, 0.15) is 5.56 Å². The zero-order chi connectivity index (χ0) is 12.8. The van der Waals surface area contributed by atoms with Crippen LogP contribution in [0.15, 0.2) is 12.1 Å². The summed E-state index contributed by atoms with van der Waals surface area (Å²) in [5.74, 6) is 1.25. The molecule has 0 spiro atoms. The van der Waals surface area contributed by atoms with Crippen molar-refractivity contribution in [3.05, 3.63) is 17.7 Å². The molecule has 0 bridgehead atoms. The predicted octanol–water partition coefficient (Wildman–Crippen LogP) is 2.32. The van der Waals surface area contributed by atoms with Crippen molar-refractivity contribution >= 4 is 6.22 Å². The van der Waals surface area contributed by atoms with Gasteiger partial charge in [0, 0.05) is 0 Å². The van der Waals surface area contributed by atoms with Crippen molar-refractivity contribution < 1.29 is 28.1 Å². The highest BCUT2D eigenvalue weighted by Crippen LogP contribution is 2.38. The molecule has 0 atom stereocenters. The van der Waals surface area contributed by atoms with Gasteiger partial charge in [-0.25, -0.2) is 4.79 Å². The molecule has 0 aliphatic rings. The molecule has 0 heterocycles. The number of hydrogen-bond donors (Lipinski definition) is 0. The second kappa shape index (κ2) is 5.93. The van der Waals surface area contributed by atoms with Crippen LogP contribution in [0.4, 0.5) is 9.18 Å². The summed E-state index contributed by atoms with van der Waals surface area (Å²) in [6, 6.07) is 3.15. The second-order valence-corrected chi connectivity index (χ2v) is 3.06. The molecular formula is C11H13FO5. The molecule has 0 fully saturated rings. The fourth-order valence-corrected chi connectivity index (χ4v) is 1.36. The van der Waals surface area contributed by atoms with Gasteiger partial charge in [-0.2, -0.15) is 0 Å². The standard InChI is InChI=1S/C11H13FO5/c1-14-8-4-7(6-17-11(12)13)5-9(15-2)10(8)16-3/h4-5H,6H2,1-3H3. The fraction of sp³-hybridized carbons (Fsp3) is 0.364. The third-order valence-electron chi connectivity index (χ3n) is 2.08. The first-order valence-electron chi connectivity index (χ1n) is 4.73. The Balaban J connectivity index is 3.04. The average Bonchev–Trinajstić information content (AvgIpc) is 2.34. The van der Waals surface area contributed by atoms with Crippen molar-refractivity contribution in [3.8, 4) is 17.2 Å². The lowest BCUT2D eigenvalue weighted by molar-refractivity contribution is 0.114. The third-order valence-corrected chi connectivity index (χ3v) is 2.08. The van der Waals surface area contributed by atoms with Gasteiger partial charge < -0.3 is 18.9 Å². The van der Waals surface area contributed by atoms with Crippen LogP contribution in [-0.2, 0) is 11.3 Å². The smallest absolute Gasteiger partial charge is 0.493 e. The van der Waals surface area contributed by atoms with Crippen LogP contribution in [0.25, 0.3) is 0 Å². The van der Waals surface area contributed by atoms with E-state index in [4.69, 9.17) is 14.2 Å². The van der Waals surface area contributed by atoms with E-state index in [1.54, 1.807) is 12.1 Å². The molecule has 6 heteroatoms. The summed E-state index contributed by atoms with van der Waals surface area (Å²) in [4.78, 5) is 10.1. The van der Waals surface area contributed by atoms with E-state index >= 15 is 0 Å². The van der Waals surface area contributed by atoms with Crippen molar-refractivity contribution in [2.75, 3.05) is 21.3 Å². The van der Waals surface area contributed by atoms with Gasteiger partial charge in [-0.15, -0.1) is 4.39 Å². The Labute approximate surface area is 98.0 Å². The number of halogens is 1. The Morgan fingerprint density at radius 1 is 1.12 bits per heavy atom. The summed E-state index contributed by atoms with van der Waals surface area (Å²) in [6.45, 7) is -0.202. The number of hydrogen-bond acceptors (Lipinski definition) is 5. The van der Waals surface area contributed by atoms with E-state index in [0.717, 1.165) is 0 Å². The number of methoxy groups -OCH3 is 3. The van der Waals surface area contributed by atoms with E-state index in [1.165, 1.54) is 21.3 Å². The van der Waals surface area contributed by atoms with Gasteiger partial charge in [0.2, 0.25) is 5.75 Å². The van der Waals surface area contributed by atoms with Crippen molar-refractivity contribution in [2.24, 2.45) is 0 Å². The van der Waals surface area contributed by atoms with Crippen LogP contribution in [0.2, 0.25) is 0 Å². The molecule has 5 nitrogen and oxygen atoms in total. The molecule has 0 aliphatic heterocycles. The minimum atomic E-state index is -1.83. The molecule has 0 N–H and O–H groups in total. The molecule has 17 heavy (non-hydrogen) atoms. The summed E-state index contributed by atoms with van der Waals surface area (Å²) < 4.78 is 31.5. The topological polar surface area (TPSA) is 54.0 Å². The predicted molar refractivity (Wildman–Crippen MR) is 57.4 cm³/mol. The molecule has 1 rings (SSSR count). The molecule has 0 unspecified atom stereocenters. The zero-order valence-corrected chi connectivity index (χ0v) is 9.78. The van der Waals surface area contributed by atoms with Gasteiger partial charge >= 0.3 is 6.22 Å². The van der Waals surface area contributed by atoms with E-state index in [1.807, 2.05) is 0 Å². The Kier molecular flexibility index (Phi) is 4.56. The van der Waals surface area contributed by atoms with Crippen molar-refractivity contribution in [1.82, 2.24) is 0 Å². The quantitative estimate of drug-likeness (QED) is 0.744. The van der Waals surface area contributed by atoms with E-state index in [9.17, 15) is 9.18 Å². The van der Waals surface area contributed by atoms with Gasteiger partial charge in [0.1, 0.15) is 6.61 Å². The lowest BCUT2D eigenvalue weighted by Crippen LogP contribution is -2.00. The molecule has 0 saturated heterocycles. The Hall–Kier alpha value is -1.98. The minimum absolute atomic E-state index is 0.202. The minimum Gasteiger partial charge on any atom is -0.493 e. The summed E-state index contributed by atoms with van der Waals surface area (Å²) in [7, 11) is 4.39. The SMILES string of the molecule is COc1cc(COC(=O)F)cc(OC)c1OC. The van der Waals surface area contributed by atoms with Crippen LogP contribution >= 0.6 is 0 Å². The normalized spacial score (nSPS) is 9.65. The largest absolute Gasteiger partial charge is 0.495 e. The molecule has 0 saturated carbocycles. The number of carbonyl (C=O) groups excluding carboxylic acids is 1. The summed E-state index contributed by atoms with van der Waals surface area (Å²) in [6.07, 6.45) is -1.83. The Bertz CT molecular complexity index is 380. The second-order valence-electron chi connectivity index (χ2n) is 3.06. The molecular weight excluding hydrogens is 231 g/mol. The van der Waals surface area contributed by atoms with Gasteiger partial charge in [0.25, 0.3) is 0 Å². The maximum Gasteiger partial charge on any atom is 0.495 e. The number of ether oxygens (including phenoxy) is 4. The van der Waals surface area contributed by atoms with Gasteiger partial charge in [-0.3, -0.25) is 0 Å². The van der Waals surface area contributed by atoms with E-state index in [2.05, 4.69) is 4.74 Å². The van der Waals surface area contributed by atoms with Gasteiger partial charge in [0.15, 0.2) is 11.5 Å². The lowest BCUT2D eigenvalue weighted by atomic mass is 10.2. The third kappa shape index (κ3) is 3.24. The number of carbonyl (C=O) groups is 1. The Morgan fingerprint density at radius 3 is 2.00 bits per heavy atom. The van der Waals surface area contributed by atoms with Crippen LogP contribution in [0, 0.1) is 0 Å². The number of rotatable bonds is 5.